The Balaban J connectivity index is 3.56. The molecule has 0 amide bonds. The van der Waals surface area contributed by atoms with Gasteiger partial charge in [-0.25, -0.2) is 15.0 Å². The van der Waals surface area contributed by atoms with Crippen LogP contribution >= 0.6 is 0 Å². The molecular weight excluding hydrogens is 536 g/mol. The quantitative estimate of drug-likeness (QED) is 0.0240. The van der Waals surface area contributed by atoms with Gasteiger partial charge in [-0.1, -0.05) is 200 Å². The van der Waals surface area contributed by atoms with Gasteiger partial charge < -0.3 is 5.73 Å². The maximum atomic E-state index is 6.29. The van der Waals surface area contributed by atoms with Crippen molar-refractivity contribution in [3.05, 3.63) is 0 Å². The molecule has 4 nitrogen and oxygen atoms in total. The van der Waals surface area contributed by atoms with Crippen LogP contribution in [-0.2, 0) is 0 Å². The molecule has 44 heavy (non-hydrogen) atoms. The fourth-order valence-corrected chi connectivity index (χ4v) is 6.47. The molecule has 264 valence electrons. The van der Waals surface area contributed by atoms with E-state index < -0.39 is 0 Å². The van der Waals surface area contributed by atoms with Gasteiger partial charge in [-0.2, -0.15) is 0 Å². The number of nitrogens with two attached hydrogens (primary N) is 1. The number of hydrogen-bond acceptors (Lipinski definition) is 1. The van der Waals surface area contributed by atoms with Gasteiger partial charge >= 0.3 is 0 Å². The molecule has 0 heterocycles. The topological polar surface area (TPSA) is 50.4 Å². The maximum absolute atomic E-state index is 6.29. The van der Waals surface area contributed by atoms with Crippen LogP contribution in [0, 0.1) is 0 Å². The Morgan fingerprint density at radius 1 is 0.432 bits per heavy atom. The lowest BCUT2D eigenvalue weighted by molar-refractivity contribution is -0.941. The van der Waals surface area contributed by atoms with Crippen molar-refractivity contribution in [1.82, 2.24) is 5.43 Å². The van der Waals surface area contributed by atoms with E-state index in [-0.39, 0.29) is 0 Å². The highest BCUT2D eigenvalue weighted by Crippen LogP contribution is 2.15. The number of rotatable bonds is 36. The van der Waals surface area contributed by atoms with E-state index in [2.05, 4.69) is 38.2 Å². The van der Waals surface area contributed by atoms with Gasteiger partial charge in [-0.05, 0) is 26.2 Å². The number of nitrogens with zero attached hydrogens (tertiary/aromatic N) is 2. The van der Waals surface area contributed by atoms with Crippen molar-refractivity contribution in [2.24, 2.45) is 10.7 Å². The second kappa shape index (κ2) is 35.1. The first-order chi connectivity index (χ1) is 21.6. The Morgan fingerprint density at radius 2 is 0.705 bits per heavy atom. The van der Waals surface area contributed by atoms with Crippen LogP contribution in [0.15, 0.2) is 4.99 Å². The lowest BCUT2D eigenvalue weighted by Gasteiger charge is -2.33. The molecular formula is C40H85N4+. The highest BCUT2D eigenvalue weighted by Gasteiger charge is 2.19. The summed E-state index contributed by atoms with van der Waals surface area (Å²) in [6.07, 6.45) is 45.1. The number of unbranched alkanes of at least 4 members (excludes halogenated alkanes) is 30. The zero-order chi connectivity index (χ0) is 32.2. The summed E-state index contributed by atoms with van der Waals surface area (Å²) in [5.74, 6) is 0.631. The van der Waals surface area contributed by atoms with Gasteiger partial charge in [0.15, 0.2) is 0 Å². The summed E-state index contributed by atoms with van der Waals surface area (Å²) in [6.45, 7) is 9.88. The molecule has 0 radical (unpaired) electrons. The molecule has 0 aromatic rings. The molecule has 0 bridgehead atoms. The van der Waals surface area contributed by atoms with Crippen molar-refractivity contribution in [2.45, 2.75) is 226 Å². The first-order valence-electron chi connectivity index (χ1n) is 20.5. The smallest absolute Gasteiger partial charge is 0.235 e. The maximum Gasteiger partial charge on any atom is 0.235 e. The van der Waals surface area contributed by atoms with Crippen LogP contribution in [0.5, 0.6) is 0 Å². The molecule has 0 fully saturated rings. The summed E-state index contributed by atoms with van der Waals surface area (Å²) in [5, 5.41) is 0. The third kappa shape index (κ3) is 32.6. The molecule has 4 heteroatoms. The molecule has 0 rings (SSSR count). The van der Waals surface area contributed by atoms with Gasteiger partial charge in [-0.15, -0.1) is 0 Å². The summed E-state index contributed by atoms with van der Waals surface area (Å²) in [4.78, 5) is 4.65. The van der Waals surface area contributed by atoms with Crippen LogP contribution in [0.1, 0.15) is 226 Å². The van der Waals surface area contributed by atoms with Gasteiger partial charge in [0.1, 0.15) is 6.54 Å². The minimum atomic E-state index is 0.631. The van der Waals surface area contributed by atoms with Crippen LogP contribution in [0.25, 0.3) is 0 Å². The van der Waals surface area contributed by atoms with Gasteiger partial charge in [0.05, 0.1) is 13.6 Å². The third-order valence-corrected chi connectivity index (χ3v) is 9.88. The van der Waals surface area contributed by atoms with Crippen molar-refractivity contribution in [1.29, 1.82) is 0 Å². The Morgan fingerprint density at radius 3 is 1.00 bits per heavy atom. The first kappa shape index (κ1) is 43.2. The van der Waals surface area contributed by atoms with Gasteiger partial charge in [0.25, 0.3) is 0 Å². The minimum Gasteiger partial charge on any atom is -0.366 e. The Labute approximate surface area is 279 Å². The zero-order valence-electron chi connectivity index (χ0n) is 31.2. The fourth-order valence-electron chi connectivity index (χ4n) is 6.47. The average Bonchev–Trinajstić information content (AvgIpc) is 3.02. The Hall–Kier alpha value is -0.770. The largest absolute Gasteiger partial charge is 0.366 e. The van der Waals surface area contributed by atoms with Crippen molar-refractivity contribution >= 4 is 5.96 Å². The molecule has 0 aromatic carbocycles. The normalized spacial score (nSPS) is 13.4. The van der Waals surface area contributed by atoms with Crippen molar-refractivity contribution in [2.75, 3.05) is 26.7 Å². The van der Waals surface area contributed by atoms with Crippen LogP contribution in [-0.4, -0.2) is 37.2 Å². The van der Waals surface area contributed by atoms with E-state index >= 15 is 0 Å². The van der Waals surface area contributed by atoms with Crippen LogP contribution < -0.4 is 11.2 Å². The summed E-state index contributed by atoms with van der Waals surface area (Å²) >= 11 is 0. The van der Waals surface area contributed by atoms with Crippen LogP contribution in [0.3, 0.4) is 0 Å². The van der Waals surface area contributed by atoms with E-state index in [9.17, 15) is 0 Å². The first-order valence-corrected chi connectivity index (χ1v) is 20.5. The van der Waals surface area contributed by atoms with E-state index in [1.807, 2.05) is 0 Å². The number of hydrogen-bond donors (Lipinski definition) is 2. The number of aliphatic imine (C=N–C) groups is 1. The summed E-state index contributed by atoms with van der Waals surface area (Å²) in [6, 6.07) is 0. The summed E-state index contributed by atoms with van der Waals surface area (Å²) in [5.41, 5.74) is 9.80. The SMILES string of the molecule is CCCCCCCCCCCCCCCCCCN=C(N)N[N+](C)(CC)CCCCCCCCCCCCCCCCCC. The summed E-state index contributed by atoms with van der Waals surface area (Å²) in [7, 11) is 2.27. The van der Waals surface area contributed by atoms with Crippen molar-refractivity contribution in [3.63, 3.8) is 0 Å². The third-order valence-electron chi connectivity index (χ3n) is 9.88. The van der Waals surface area contributed by atoms with E-state index in [0.717, 1.165) is 30.6 Å². The van der Waals surface area contributed by atoms with E-state index in [1.165, 1.54) is 199 Å². The van der Waals surface area contributed by atoms with Crippen LogP contribution in [0.4, 0.5) is 0 Å². The van der Waals surface area contributed by atoms with E-state index in [0.29, 0.717) is 5.96 Å². The molecule has 0 aliphatic rings. The molecule has 0 aliphatic carbocycles. The highest BCUT2D eigenvalue weighted by molar-refractivity contribution is 5.76. The number of quaternary nitrogens is 1. The molecule has 0 aliphatic heterocycles. The van der Waals surface area contributed by atoms with E-state index in [1.54, 1.807) is 0 Å². The Kier molecular flexibility index (Phi) is 34.5. The van der Waals surface area contributed by atoms with Crippen molar-refractivity contribution in [3.8, 4) is 0 Å². The molecule has 0 saturated carbocycles. The fraction of sp³-hybridized carbons (Fsp3) is 0.975. The lowest BCUT2D eigenvalue weighted by Crippen LogP contribution is -2.59. The minimum absolute atomic E-state index is 0.631. The van der Waals surface area contributed by atoms with Crippen molar-refractivity contribution < 1.29 is 4.59 Å². The van der Waals surface area contributed by atoms with Gasteiger partial charge in [0.2, 0.25) is 5.96 Å². The monoisotopic (exact) mass is 622 g/mol. The van der Waals surface area contributed by atoms with E-state index in [4.69, 9.17) is 5.73 Å². The molecule has 3 N–H and O–H groups in total. The number of guanidine groups is 1. The van der Waals surface area contributed by atoms with Crippen LogP contribution in [0.2, 0.25) is 0 Å². The predicted octanol–water partition coefficient (Wildman–Crippen LogP) is 12.8. The molecule has 0 aromatic heterocycles. The van der Waals surface area contributed by atoms with Gasteiger partial charge in [-0.3, -0.25) is 0 Å². The zero-order valence-corrected chi connectivity index (χ0v) is 31.2. The second-order valence-corrected chi connectivity index (χ2v) is 14.4. The second-order valence-electron chi connectivity index (χ2n) is 14.4. The lowest BCUT2D eigenvalue weighted by atomic mass is 10.0. The molecule has 1 unspecified atom stereocenters. The molecule has 1 atom stereocenters. The predicted molar refractivity (Wildman–Crippen MR) is 200 cm³/mol. The molecule has 0 spiro atoms. The average molecular weight is 622 g/mol. The standard InChI is InChI=1S/C40H85N4/c1-5-8-10-12-14-16-18-20-22-24-26-28-30-32-34-36-38-42-40(41)43-44(4,7-3)39-37-35-33-31-29-27-25-23-21-19-17-15-13-11-9-6-2/h5-39H2,1-4H3,(H3,41,42,43)/q+1. The highest BCUT2D eigenvalue weighted by atomic mass is 15.7. The molecule has 0 saturated heterocycles. The Bertz CT molecular complexity index is 578. The summed E-state index contributed by atoms with van der Waals surface area (Å²) < 4.78 is 0.799. The number of nitrogens with one attached hydrogen (secondary N) is 1. The van der Waals surface area contributed by atoms with Gasteiger partial charge in [0, 0.05) is 6.54 Å².